The number of hydrogen-bond acceptors (Lipinski definition) is 4. The molecule has 1 atom stereocenters. The van der Waals surface area contributed by atoms with Crippen LogP contribution >= 0.6 is 11.6 Å². The molecule has 0 aliphatic heterocycles. The molecular weight excluding hydrogens is 336 g/mol. The maximum atomic E-state index is 9.82. The molecule has 3 rings (SSSR count). The standard InChI is InChI=1S/C19H23ClN4O/c1-3-15(13-25)24(11-14-6-5-9-21-10-14)12-17-19-16(20)7-4-8-18(19)23(2)22-17/h4-10,15,25H,3,11-13H2,1-2H3/t15-/m0/s1. The topological polar surface area (TPSA) is 54.2 Å². The van der Waals surface area contributed by atoms with Crippen molar-refractivity contribution >= 4 is 22.5 Å². The van der Waals surface area contributed by atoms with Crippen molar-refractivity contribution in [2.24, 2.45) is 7.05 Å². The molecule has 0 fully saturated rings. The Hall–Kier alpha value is -1.95. The van der Waals surface area contributed by atoms with Crippen molar-refractivity contribution in [2.45, 2.75) is 32.5 Å². The molecule has 2 aromatic heterocycles. The van der Waals surface area contributed by atoms with Gasteiger partial charge in [-0.3, -0.25) is 14.6 Å². The van der Waals surface area contributed by atoms with Gasteiger partial charge in [0.05, 0.1) is 22.8 Å². The molecule has 0 radical (unpaired) electrons. The van der Waals surface area contributed by atoms with Gasteiger partial charge in [-0.1, -0.05) is 30.7 Å². The fourth-order valence-corrected chi connectivity index (χ4v) is 3.48. The van der Waals surface area contributed by atoms with Crippen molar-refractivity contribution in [3.63, 3.8) is 0 Å². The fraction of sp³-hybridized carbons (Fsp3) is 0.368. The molecule has 5 nitrogen and oxygen atoms in total. The van der Waals surface area contributed by atoms with Gasteiger partial charge in [0.25, 0.3) is 0 Å². The molecule has 6 heteroatoms. The van der Waals surface area contributed by atoms with E-state index in [1.165, 1.54) is 0 Å². The Labute approximate surface area is 152 Å². The predicted molar refractivity (Wildman–Crippen MR) is 100 cm³/mol. The zero-order chi connectivity index (χ0) is 17.8. The summed E-state index contributed by atoms with van der Waals surface area (Å²) in [5.74, 6) is 0. The molecule has 0 aliphatic rings. The quantitative estimate of drug-likeness (QED) is 0.703. The Balaban J connectivity index is 1.95. The Morgan fingerprint density at radius 3 is 2.76 bits per heavy atom. The minimum absolute atomic E-state index is 0.0553. The summed E-state index contributed by atoms with van der Waals surface area (Å²) in [6, 6.07) is 9.89. The number of pyridine rings is 1. The van der Waals surface area contributed by atoms with E-state index in [4.69, 9.17) is 11.6 Å². The van der Waals surface area contributed by atoms with E-state index < -0.39 is 0 Å². The number of benzene rings is 1. The van der Waals surface area contributed by atoms with E-state index in [0.29, 0.717) is 18.1 Å². The van der Waals surface area contributed by atoms with Gasteiger partial charge in [0, 0.05) is 44.0 Å². The molecule has 0 spiro atoms. The first-order valence-corrected chi connectivity index (χ1v) is 8.85. The molecule has 2 heterocycles. The number of aryl methyl sites for hydroxylation is 1. The molecule has 0 saturated heterocycles. The van der Waals surface area contributed by atoms with Gasteiger partial charge in [-0.25, -0.2) is 0 Å². The molecular formula is C19H23ClN4O. The van der Waals surface area contributed by atoms with Crippen LogP contribution in [0, 0.1) is 0 Å². The molecule has 1 N–H and O–H groups in total. The fourth-order valence-electron chi connectivity index (χ4n) is 3.20. The van der Waals surface area contributed by atoms with Gasteiger partial charge in [0.1, 0.15) is 0 Å². The van der Waals surface area contributed by atoms with Crippen molar-refractivity contribution in [1.29, 1.82) is 0 Å². The smallest absolute Gasteiger partial charge is 0.0858 e. The van der Waals surface area contributed by atoms with Gasteiger partial charge in [0.15, 0.2) is 0 Å². The van der Waals surface area contributed by atoms with E-state index in [9.17, 15) is 5.11 Å². The van der Waals surface area contributed by atoms with Gasteiger partial charge in [-0.05, 0) is 30.2 Å². The van der Waals surface area contributed by atoms with E-state index in [-0.39, 0.29) is 12.6 Å². The van der Waals surface area contributed by atoms with Crippen LogP contribution in [0.25, 0.3) is 10.9 Å². The Kier molecular flexibility index (Phi) is 5.68. The third kappa shape index (κ3) is 3.84. The minimum atomic E-state index is 0.0553. The van der Waals surface area contributed by atoms with E-state index in [1.54, 1.807) is 6.20 Å². The van der Waals surface area contributed by atoms with Crippen molar-refractivity contribution in [2.75, 3.05) is 6.61 Å². The number of aliphatic hydroxyl groups is 1. The monoisotopic (exact) mass is 358 g/mol. The van der Waals surface area contributed by atoms with E-state index in [0.717, 1.165) is 28.6 Å². The summed E-state index contributed by atoms with van der Waals surface area (Å²) in [6.45, 7) is 3.51. The zero-order valence-electron chi connectivity index (χ0n) is 14.6. The van der Waals surface area contributed by atoms with Crippen LogP contribution in [0.4, 0.5) is 0 Å². The van der Waals surface area contributed by atoms with Crippen molar-refractivity contribution in [1.82, 2.24) is 19.7 Å². The largest absolute Gasteiger partial charge is 0.395 e. The van der Waals surface area contributed by atoms with Crippen LogP contribution in [-0.2, 0) is 20.1 Å². The SMILES string of the molecule is CC[C@@H](CO)N(Cc1cccnc1)Cc1nn(C)c2cccc(Cl)c12. The molecule has 0 bridgehead atoms. The number of rotatable bonds is 7. The van der Waals surface area contributed by atoms with Crippen molar-refractivity contribution in [3.05, 3.63) is 59.0 Å². The molecule has 0 unspecified atom stereocenters. The second-order valence-corrected chi connectivity index (χ2v) is 6.62. The Morgan fingerprint density at radius 2 is 2.08 bits per heavy atom. The number of aromatic nitrogens is 3. The highest BCUT2D eigenvalue weighted by atomic mass is 35.5. The Morgan fingerprint density at radius 1 is 1.24 bits per heavy atom. The van der Waals surface area contributed by atoms with Crippen molar-refractivity contribution in [3.8, 4) is 0 Å². The highest BCUT2D eigenvalue weighted by Gasteiger charge is 2.21. The third-order valence-electron chi connectivity index (χ3n) is 4.56. The maximum absolute atomic E-state index is 9.82. The summed E-state index contributed by atoms with van der Waals surface area (Å²) in [5, 5.41) is 16.2. The van der Waals surface area contributed by atoms with Gasteiger partial charge < -0.3 is 5.11 Å². The maximum Gasteiger partial charge on any atom is 0.0858 e. The lowest BCUT2D eigenvalue weighted by Crippen LogP contribution is -2.36. The van der Waals surface area contributed by atoms with Gasteiger partial charge in [-0.2, -0.15) is 5.10 Å². The highest BCUT2D eigenvalue weighted by Crippen LogP contribution is 2.28. The first kappa shape index (κ1) is 17.9. The minimum Gasteiger partial charge on any atom is -0.395 e. The lowest BCUT2D eigenvalue weighted by Gasteiger charge is -2.29. The normalized spacial score (nSPS) is 12.8. The average Bonchev–Trinajstić information content (AvgIpc) is 2.94. The van der Waals surface area contributed by atoms with Crippen LogP contribution in [0.15, 0.2) is 42.7 Å². The summed E-state index contributed by atoms with van der Waals surface area (Å²) in [4.78, 5) is 6.43. The van der Waals surface area contributed by atoms with Crippen LogP contribution in [-0.4, -0.2) is 37.4 Å². The second-order valence-electron chi connectivity index (χ2n) is 6.22. The van der Waals surface area contributed by atoms with E-state index in [1.807, 2.05) is 48.3 Å². The number of aliphatic hydroxyl groups excluding tert-OH is 1. The van der Waals surface area contributed by atoms with Gasteiger partial charge in [0.2, 0.25) is 0 Å². The van der Waals surface area contributed by atoms with Gasteiger partial charge >= 0.3 is 0 Å². The summed E-state index contributed by atoms with van der Waals surface area (Å²) >= 11 is 6.44. The highest BCUT2D eigenvalue weighted by molar-refractivity contribution is 6.35. The molecule has 0 amide bonds. The summed E-state index contributed by atoms with van der Waals surface area (Å²) < 4.78 is 1.86. The van der Waals surface area contributed by atoms with E-state index >= 15 is 0 Å². The zero-order valence-corrected chi connectivity index (χ0v) is 15.3. The van der Waals surface area contributed by atoms with Crippen LogP contribution in [0.3, 0.4) is 0 Å². The van der Waals surface area contributed by atoms with Crippen LogP contribution < -0.4 is 0 Å². The average molecular weight is 359 g/mol. The molecule has 25 heavy (non-hydrogen) atoms. The second kappa shape index (κ2) is 7.95. The third-order valence-corrected chi connectivity index (χ3v) is 4.87. The lowest BCUT2D eigenvalue weighted by molar-refractivity contribution is 0.105. The first-order chi connectivity index (χ1) is 12.1. The number of nitrogens with zero attached hydrogens (tertiary/aromatic N) is 4. The molecule has 132 valence electrons. The van der Waals surface area contributed by atoms with E-state index in [2.05, 4.69) is 21.9 Å². The molecule has 3 aromatic rings. The predicted octanol–water partition coefficient (Wildman–Crippen LogP) is 3.39. The summed E-state index contributed by atoms with van der Waals surface area (Å²) in [6.07, 6.45) is 4.49. The first-order valence-electron chi connectivity index (χ1n) is 8.48. The number of halogens is 1. The molecule has 0 saturated carbocycles. The van der Waals surface area contributed by atoms with Crippen molar-refractivity contribution < 1.29 is 5.11 Å². The summed E-state index contributed by atoms with van der Waals surface area (Å²) in [7, 11) is 1.93. The van der Waals surface area contributed by atoms with Crippen LogP contribution in [0.5, 0.6) is 0 Å². The summed E-state index contributed by atoms with van der Waals surface area (Å²) in [5.41, 5.74) is 3.06. The number of fused-ring (bicyclic) bond motifs is 1. The molecule has 1 aromatic carbocycles. The lowest BCUT2D eigenvalue weighted by atomic mass is 10.1. The molecule has 0 aliphatic carbocycles. The van der Waals surface area contributed by atoms with Crippen LogP contribution in [0.1, 0.15) is 24.6 Å². The number of hydrogen-bond donors (Lipinski definition) is 1. The Bertz CT molecular complexity index is 830. The van der Waals surface area contributed by atoms with Gasteiger partial charge in [-0.15, -0.1) is 0 Å². The van der Waals surface area contributed by atoms with Crippen LogP contribution in [0.2, 0.25) is 5.02 Å².